The van der Waals surface area contributed by atoms with E-state index in [2.05, 4.69) is 23.5 Å². The van der Waals surface area contributed by atoms with Gasteiger partial charge < -0.3 is 10.2 Å². The Morgan fingerprint density at radius 1 is 0.926 bits per heavy atom. The van der Waals surface area contributed by atoms with Gasteiger partial charge in [-0.3, -0.25) is 9.59 Å². The number of hydrogen-bond acceptors (Lipinski definition) is 3. The van der Waals surface area contributed by atoms with Crippen LogP contribution in [0, 0.1) is 0 Å². The van der Waals surface area contributed by atoms with Gasteiger partial charge in [0, 0.05) is 41.2 Å². The molecule has 2 aromatic carbocycles. The molecule has 0 unspecified atom stereocenters. The third-order valence-corrected chi connectivity index (χ3v) is 4.99. The Bertz CT molecular complexity index is 957. The monoisotopic (exact) mass is 376 g/mol. The van der Waals surface area contributed by atoms with Crippen LogP contribution in [0.2, 0.25) is 0 Å². The Hall–Kier alpha value is -3.18. The molecule has 0 aliphatic carbocycles. The van der Waals surface area contributed by atoms with Gasteiger partial charge in [0.2, 0.25) is 5.91 Å². The normalized spacial score (nSPS) is 10.7. The minimum Gasteiger partial charge on any atom is -0.345 e. The van der Waals surface area contributed by atoms with Crippen LogP contribution in [-0.4, -0.2) is 30.8 Å². The maximum Gasteiger partial charge on any atom is 0.253 e. The number of amides is 2. The molecule has 1 heterocycles. The molecule has 1 N–H and O–H groups in total. The van der Waals surface area contributed by atoms with E-state index in [0.29, 0.717) is 11.3 Å². The van der Waals surface area contributed by atoms with Gasteiger partial charge in [-0.15, -0.1) is 11.3 Å². The molecule has 27 heavy (non-hydrogen) atoms. The lowest BCUT2D eigenvalue weighted by Crippen LogP contribution is -2.21. The van der Waals surface area contributed by atoms with Crippen LogP contribution >= 0.6 is 11.3 Å². The van der Waals surface area contributed by atoms with E-state index in [-0.39, 0.29) is 11.8 Å². The predicted molar refractivity (Wildman–Crippen MR) is 112 cm³/mol. The van der Waals surface area contributed by atoms with Crippen LogP contribution in [0.3, 0.4) is 0 Å². The predicted octanol–water partition coefficient (Wildman–Crippen LogP) is 4.77. The van der Waals surface area contributed by atoms with Crippen LogP contribution in [-0.2, 0) is 4.79 Å². The Labute approximate surface area is 162 Å². The number of hydrogen-bond donors (Lipinski definition) is 1. The van der Waals surface area contributed by atoms with E-state index < -0.39 is 0 Å². The van der Waals surface area contributed by atoms with Gasteiger partial charge in [-0.25, -0.2) is 0 Å². The minimum atomic E-state index is -0.212. The quantitative estimate of drug-likeness (QED) is 0.652. The van der Waals surface area contributed by atoms with E-state index in [1.54, 1.807) is 55.8 Å². The largest absolute Gasteiger partial charge is 0.345 e. The summed E-state index contributed by atoms with van der Waals surface area (Å²) in [6.45, 7) is 0. The van der Waals surface area contributed by atoms with Crippen molar-refractivity contribution in [3.63, 3.8) is 0 Å². The second-order valence-corrected chi connectivity index (χ2v) is 7.28. The molecule has 136 valence electrons. The lowest BCUT2D eigenvalue weighted by Gasteiger charge is -2.10. The minimum absolute atomic E-state index is 0.0697. The summed E-state index contributed by atoms with van der Waals surface area (Å²) >= 11 is 1.63. The third-order valence-electron chi connectivity index (χ3n) is 3.89. The van der Waals surface area contributed by atoms with Crippen molar-refractivity contribution in [3.05, 3.63) is 83.2 Å². The van der Waals surface area contributed by atoms with Crippen molar-refractivity contribution < 1.29 is 9.59 Å². The van der Waals surface area contributed by atoms with Gasteiger partial charge in [0.25, 0.3) is 5.91 Å². The van der Waals surface area contributed by atoms with E-state index in [4.69, 9.17) is 0 Å². The van der Waals surface area contributed by atoms with Crippen LogP contribution in [0.25, 0.3) is 16.5 Å². The molecule has 0 saturated heterocycles. The summed E-state index contributed by atoms with van der Waals surface area (Å²) in [5.74, 6) is -0.281. The van der Waals surface area contributed by atoms with Gasteiger partial charge in [0.1, 0.15) is 0 Å². The highest BCUT2D eigenvalue weighted by atomic mass is 32.1. The van der Waals surface area contributed by atoms with Gasteiger partial charge in [-0.05, 0) is 48.0 Å². The second kappa shape index (κ2) is 8.47. The number of benzene rings is 2. The van der Waals surface area contributed by atoms with Crippen LogP contribution in [0.15, 0.2) is 72.8 Å². The smallest absolute Gasteiger partial charge is 0.253 e. The van der Waals surface area contributed by atoms with Gasteiger partial charge >= 0.3 is 0 Å². The number of carbonyl (C=O) groups is 2. The van der Waals surface area contributed by atoms with Gasteiger partial charge in [-0.2, -0.15) is 0 Å². The fourth-order valence-electron chi connectivity index (χ4n) is 2.50. The summed E-state index contributed by atoms with van der Waals surface area (Å²) in [6.07, 6.45) is 3.32. The topological polar surface area (TPSA) is 49.4 Å². The highest BCUT2D eigenvalue weighted by Crippen LogP contribution is 2.28. The van der Waals surface area contributed by atoms with E-state index in [9.17, 15) is 9.59 Å². The zero-order chi connectivity index (χ0) is 19.2. The van der Waals surface area contributed by atoms with Crippen molar-refractivity contribution in [1.82, 2.24) is 4.90 Å². The number of nitrogens with zero attached hydrogens (tertiary/aromatic N) is 1. The van der Waals surface area contributed by atoms with Crippen molar-refractivity contribution in [1.29, 1.82) is 0 Å². The molecule has 3 rings (SSSR count). The maximum absolute atomic E-state index is 12.1. The fraction of sp³-hybridized carbons (Fsp3) is 0.0909. The summed E-state index contributed by atoms with van der Waals surface area (Å²) in [7, 11) is 3.41. The Morgan fingerprint density at radius 3 is 2.30 bits per heavy atom. The lowest BCUT2D eigenvalue weighted by molar-refractivity contribution is -0.111. The fourth-order valence-corrected chi connectivity index (χ4v) is 3.41. The Morgan fingerprint density at radius 2 is 1.63 bits per heavy atom. The van der Waals surface area contributed by atoms with Crippen molar-refractivity contribution in [2.75, 3.05) is 19.4 Å². The highest BCUT2D eigenvalue weighted by molar-refractivity contribution is 7.16. The summed E-state index contributed by atoms with van der Waals surface area (Å²) in [6, 6.07) is 21.0. The molecule has 0 radical (unpaired) electrons. The van der Waals surface area contributed by atoms with Crippen molar-refractivity contribution in [2.45, 2.75) is 0 Å². The SMILES string of the molecule is CN(C)C(=O)c1ccc(NC(=O)/C=C/c2ccc(-c3ccccc3)s2)cc1. The molecular weight excluding hydrogens is 356 g/mol. The molecule has 0 aliphatic rings. The number of carbonyl (C=O) groups excluding carboxylic acids is 2. The second-order valence-electron chi connectivity index (χ2n) is 6.17. The first-order valence-electron chi connectivity index (χ1n) is 8.49. The van der Waals surface area contributed by atoms with Crippen molar-refractivity contribution in [2.24, 2.45) is 0 Å². The molecule has 0 atom stereocenters. The molecule has 1 aromatic heterocycles. The van der Waals surface area contributed by atoms with E-state index in [1.165, 1.54) is 16.5 Å². The zero-order valence-electron chi connectivity index (χ0n) is 15.2. The van der Waals surface area contributed by atoms with Gasteiger partial charge in [0.05, 0.1) is 0 Å². The molecule has 0 spiro atoms. The molecule has 0 fully saturated rings. The molecule has 2 amide bonds. The summed E-state index contributed by atoms with van der Waals surface area (Å²) in [4.78, 5) is 27.7. The van der Waals surface area contributed by atoms with E-state index in [1.807, 2.05) is 24.3 Å². The first-order valence-corrected chi connectivity index (χ1v) is 9.30. The maximum atomic E-state index is 12.1. The summed E-state index contributed by atoms with van der Waals surface area (Å²) in [5, 5.41) is 2.80. The summed E-state index contributed by atoms with van der Waals surface area (Å²) < 4.78 is 0. The number of nitrogens with one attached hydrogen (secondary N) is 1. The molecule has 0 aliphatic heterocycles. The third kappa shape index (κ3) is 4.92. The van der Waals surface area contributed by atoms with Crippen molar-refractivity contribution in [3.8, 4) is 10.4 Å². The molecular formula is C22H20N2O2S. The molecule has 3 aromatic rings. The number of thiophene rings is 1. The average Bonchev–Trinajstić information content (AvgIpc) is 3.16. The Balaban J connectivity index is 1.61. The van der Waals surface area contributed by atoms with Crippen LogP contribution < -0.4 is 5.32 Å². The Kier molecular flexibility index (Phi) is 5.84. The van der Waals surface area contributed by atoms with Gasteiger partial charge in [0.15, 0.2) is 0 Å². The molecule has 0 bridgehead atoms. The average molecular weight is 376 g/mol. The number of rotatable bonds is 5. The standard InChI is InChI=1S/C22H20N2O2S/c1-24(2)22(26)17-8-10-18(11-9-17)23-21(25)15-13-19-12-14-20(27-19)16-6-4-3-5-7-16/h3-15H,1-2H3,(H,23,25)/b15-13+. The molecule has 5 heteroatoms. The molecule has 4 nitrogen and oxygen atoms in total. The van der Waals surface area contributed by atoms with Crippen LogP contribution in [0.1, 0.15) is 15.2 Å². The zero-order valence-corrected chi connectivity index (χ0v) is 16.0. The summed E-state index contributed by atoms with van der Waals surface area (Å²) in [5.41, 5.74) is 2.40. The van der Waals surface area contributed by atoms with E-state index in [0.717, 1.165) is 9.75 Å². The highest BCUT2D eigenvalue weighted by Gasteiger charge is 2.07. The van der Waals surface area contributed by atoms with Crippen molar-refractivity contribution >= 4 is 34.9 Å². The van der Waals surface area contributed by atoms with Crippen LogP contribution in [0.5, 0.6) is 0 Å². The van der Waals surface area contributed by atoms with Crippen LogP contribution in [0.4, 0.5) is 5.69 Å². The van der Waals surface area contributed by atoms with Gasteiger partial charge in [-0.1, -0.05) is 30.3 Å². The first-order chi connectivity index (χ1) is 13.0. The molecule has 0 saturated carbocycles. The van der Waals surface area contributed by atoms with E-state index >= 15 is 0 Å². The first kappa shape index (κ1) is 18.6. The number of anilines is 1. The lowest BCUT2D eigenvalue weighted by atomic mass is 10.2.